The normalized spacial score (nSPS) is 14.1. The van der Waals surface area contributed by atoms with Gasteiger partial charge in [-0.25, -0.2) is 14.5 Å². The Morgan fingerprint density at radius 1 is 0.632 bits per heavy atom. The molecule has 0 unspecified atom stereocenters. The van der Waals surface area contributed by atoms with Crippen LogP contribution >= 0.6 is 0 Å². The first-order valence-corrected chi connectivity index (χ1v) is 11.6. The van der Waals surface area contributed by atoms with Crippen LogP contribution in [0.15, 0.2) is 60.7 Å². The van der Waals surface area contributed by atoms with Gasteiger partial charge in [0, 0.05) is 6.54 Å². The van der Waals surface area contributed by atoms with E-state index in [-0.39, 0.29) is 46.2 Å². The van der Waals surface area contributed by atoms with Crippen LogP contribution in [0, 0.1) is 0 Å². The Morgan fingerprint density at radius 3 is 1.58 bits per heavy atom. The van der Waals surface area contributed by atoms with Crippen molar-refractivity contribution in [2.75, 3.05) is 20.4 Å². The fraction of sp³-hybridized carbons (Fsp3) is 0.143. The van der Waals surface area contributed by atoms with Crippen LogP contribution in [0.4, 0.5) is 0 Å². The summed E-state index contributed by atoms with van der Waals surface area (Å²) >= 11 is 0. The number of hydrogen-bond acceptors (Lipinski definition) is 8. The molecule has 0 fully saturated rings. The van der Waals surface area contributed by atoms with E-state index >= 15 is 0 Å². The molecule has 0 bridgehead atoms. The number of rotatable bonds is 6. The standard InChI is InChI=1S/C28H20N2O8/c1-3-29-23(31)19-10-8-17(12-21(19)25(29)33)18-9-11-20-22(13-18)26(34)30(24(20)32)14-38-28(36)16-6-4-15(5-7-16)27(35)37-2/h4-13H,3,14H2,1-2H3. The molecule has 3 aromatic rings. The number of benzene rings is 3. The summed E-state index contributed by atoms with van der Waals surface area (Å²) in [7, 11) is 1.24. The summed E-state index contributed by atoms with van der Waals surface area (Å²) in [5, 5.41) is 0. The molecule has 0 atom stereocenters. The van der Waals surface area contributed by atoms with Crippen molar-refractivity contribution in [2.24, 2.45) is 0 Å². The summed E-state index contributed by atoms with van der Waals surface area (Å²) in [5.74, 6) is -3.31. The Labute approximate surface area is 216 Å². The quantitative estimate of drug-likeness (QED) is 0.364. The number of carbonyl (C=O) groups is 6. The summed E-state index contributed by atoms with van der Waals surface area (Å²) in [4.78, 5) is 76.7. The van der Waals surface area contributed by atoms with Crippen molar-refractivity contribution >= 4 is 35.6 Å². The molecular formula is C28H20N2O8. The molecule has 4 amide bonds. The Morgan fingerprint density at radius 2 is 1.08 bits per heavy atom. The highest BCUT2D eigenvalue weighted by atomic mass is 16.5. The van der Waals surface area contributed by atoms with Crippen LogP contribution in [0.25, 0.3) is 11.1 Å². The minimum absolute atomic E-state index is 0.128. The zero-order valence-electron chi connectivity index (χ0n) is 20.3. The number of ether oxygens (including phenoxy) is 2. The van der Waals surface area contributed by atoms with E-state index in [1.54, 1.807) is 31.2 Å². The predicted octanol–water partition coefficient (Wildman–Crippen LogP) is 3.17. The van der Waals surface area contributed by atoms with Crippen molar-refractivity contribution in [2.45, 2.75) is 6.92 Å². The highest BCUT2D eigenvalue weighted by molar-refractivity contribution is 6.23. The Kier molecular flexibility index (Phi) is 6.08. The van der Waals surface area contributed by atoms with Gasteiger partial charge < -0.3 is 9.47 Å². The van der Waals surface area contributed by atoms with Gasteiger partial charge in [0.05, 0.1) is 40.5 Å². The van der Waals surface area contributed by atoms with Crippen LogP contribution < -0.4 is 0 Å². The Hall–Kier alpha value is -5.12. The lowest BCUT2D eigenvalue weighted by Crippen LogP contribution is -2.33. The predicted molar refractivity (Wildman–Crippen MR) is 131 cm³/mol. The van der Waals surface area contributed by atoms with Crippen LogP contribution in [0.1, 0.15) is 69.1 Å². The number of fused-ring (bicyclic) bond motifs is 2. The molecule has 0 saturated carbocycles. The summed E-state index contributed by atoms with van der Waals surface area (Å²) in [5.41, 5.74) is 2.45. The third kappa shape index (κ3) is 3.92. The first-order valence-electron chi connectivity index (χ1n) is 11.6. The number of methoxy groups -OCH3 is 1. The van der Waals surface area contributed by atoms with Crippen LogP contribution in [-0.2, 0) is 9.47 Å². The van der Waals surface area contributed by atoms with Gasteiger partial charge in [0.2, 0.25) is 0 Å². The second-order valence-corrected chi connectivity index (χ2v) is 8.54. The third-order valence-electron chi connectivity index (χ3n) is 6.46. The first-order chi connectivity index (χ1) is 18.2. The van der Waals surface area contributed by atoms with E-state index in [9.17, 15) is 28.8 Å². The summed E-state index contributed by atoms with van der Waals surface area (Å²) < 4.78 is 9.79. The average Bonchev–Trinajstić information content (AvgIpc) is 3.33. The average molecular weight is 512 g/mol. The molecular weight excluding hydrogens is 492 g/mol. The van der Waals surface area contributed by atoms with Gasteiger partial charge in [-0.3, -0.25) is 24.1 Å². The van der Waals surface area contributed by atoms with Gasteiger partial charge in [-0.15, -0.1) is 0 Å². The monoisotopic (exact) mass is 512 g/mol. The van der Waals surface area contributed by atoms with Gasteiger partial charge in [-0.2, -0.15) is 0 Å². The van der Waals surface area contributed by atoms with Gasteiger partial charge in [0.25, 0.3) is 23.6 Å². The second-order valence-electron chi connectivity index (χ2n) is 8.54. The molecule has 0 saturated heterocycles. The maximum Gasteiger partial charge on any atom is 0.339 e. The van der Waals surface area contributed by atoms with E-state index in [0.717, 1.165) is 9.80 Å². The maximum absolute atomic E-state index is 13.0. The molecule has 5 rings (SSSR count). The van der Waals surface area contributed by atoms with E-state index in [0.29, 0.717) is 16.7 Å². The maximum atomic E-state index is 13.0. The second kappa shape index (κ2) is 9.40. The molecule has 190 valence electrons. The van der Waals surface area contributed by atoms with E-state index in [1.165, 1.54) is 43.5 Å². The van der Waals surface area contributed by atoms with Crippen molar-refractivity contribution < 1.29 is 38.2 Å². The van der Waals surface area contributed by atoms with E-state index in [4.69, 9.17) is 4.74 Å². The smallest absolute Gasteiger partial charge is 0.339 e. The first kappa shape index (κ1) is 24.6. The van der Waals surface area contributed by atoms with E-state index in [2.05, 4.69) is 4.74 Å². The molecule has 0 spiro atoms. The molecule has 0 aromatic heterocycles. The van der Waals surface area contributed by atoms with Crippen LogP contribution in [0.3, 0.4) is 0 Å². The highest BCUT2D eigenvalue weighted by Crippen LogP contribution is 2.32. The van der Waals surface area contributed by atoms with Gasteiger partial charge in [0.1, 0.15) is 0 Å². The molecule has 3 aromatic carbocycles. The lowest BCUT2D eigenvalue weighted by Gasteiger charge is -2.14. The largest absolute Gasteiger partial charge is 0.465 e. The fourth-order valence-corrected chi connectivity index (χ4v) is 4.41. The van der Waals surface area contributed by atoms with Crippen molar-refractivity contribution in [1.82, 2.24) is 9.80 Å². The lowest BCUT2D eigenvalue weighted by molar-refractivity contribution is 0.0226. The van der Waals surface area contributed by atoms with Crippen LogP contribution in [0.5, 0.6) is 0 Å². The van der Waals surface area contributed by atoms with Crippen molar-refractivity contribution in [3.8, 4) is 11.1 Å². The number of carbonyl (C=O) groups excluding carboxylic acids is 6. The van der Waals surface area contributed by atoms with Crippen molar-refractivity contribution in [3.05, 3.63) is 94.0 Å². The molecule has 38 heavy (non-hydrogen) atoms. The summed E-state index contributed by atoms with van der Waals surface area (Å²) in [6.07, 6.45) is 0. The molecule has 10 heteroatoms. The minimum atomic E-state index is -0.780. The van der Waals surface area contributed by atoms with Crippen molar-refractivity contribution in [3.63, 3.8) is 0 Å². The highest BCUT2D eigenvalue weighted by Gasteiger charge is 2.37. The SMILES string of the molecule is CCN1C(=O)c2ccc(-c3ccc4c(c3)C(=O)N(COC(=O)c3ccc(C(=O)OC)cc3)C4=O)cc2C1=O. The topological polar surface area (TPSA) is 127 Å². The molecule has 2 aliphatic rings. The van der Waals surface area contributed by atoms with Gasteiger partial charge in [-0.1, -0.05) is 12.1 Å². The molecule has 0 aliphatic carbocycles. The zero-order chi connectivity index (χ0) is 27.1. The molecule has 2 heterocycles. The number of amides is 4. The number of imide groups is 2. The zero-order valence-corrected chi connectivity index (χ0v) is 20.3. The number of hydrogen-bond donors (Lipinski definition) is 0. The lowest BCUT2D eigenvalue weighted by atomic mass is 9.97. The minimum Gasteiger partial charge on any atom is -0.465 e. The van der Waals surface area contributed by atoms with Crippen molar-refractivity contribution in [1.29, 1.82) is 0 Å². The van der Waals surface area contributed by atoms with Gasteiger partial charge >= 0.3 is 11.9 Å². The third-order valence-corrected chi connectivity index (χ3v) is 6.46. The number of nitrogens with zero attached hydrogens (tertiary/aromatic N) is 2. The Balaban J connectivity index is 1.32. The Bertz CT molecular complexity index is 1560. The summed E-state index contributed by atoms with van der Waals surface area (Å²) in [6.45, 7) is 1.38. The molecule has 10 nitrogen and oxygen atoms in total. The fourth-order valence-electron chi connectivity index (χ4n) is 4.41. The van der Waals surface area contributed by atoms with Gasteiger partial charge in [-0.05, 0) is 66.6 Å². The van der Waals surface area contributed by atoms with Gasteiger partial charge in [0.15, 0.2) is 6.73 Å². The van der Waals surface area contributed by atoms with E-state index in [1.807, 2.05) is 0 Å². The molecule has 0 N–H and O–H groups in total. The number of esters is 2. The molecule has 2 aliphatic heterocycles. The summed E-state index contributed by atoms with van der Waals surface area (Å²) in [6, 6.07) is 15.1. The van der Waals surface area contributed by atoms with Crippen LogP contribution in [0.2, 0.25) is 0 Å². The molecule has 0 radical (unpaired) electrons. The van der Waals surface area contributed by atoms with E-state index < -0.39 is 30.5 Å². The van der Waals surface area contributed by atoms with Crippen LogP contribution in [-0.4, -0.2) is 65.8 Å².